The summed E-state index contributed by atoms with van der Waals surface area (Å²) in [6.07, 6.45) is 5.94. The molecule has 0 saturated heterocycles. The van der Waals surface area contributed by atoms with Crippen LogP contribution in [0.5, 0.6) is 11.5 Å². The Morgan fingerprint density at radius 3 is 2.66 bits per heavy atom. The van der Waals surface area contributed by atoms with E-state index in [1.54, 1.807) is 14.2 Å². The van der Waals surface area contributed by atoms with Gasteiger partial charge >= 0.3 is 0 Å². The van der Waals surface area contributed by atoms with Crippen LogP contribution in [0.3, 0.4) is 0 Å². The van der Waals surface area contributed by atoms with Crippen molar-refractivity contribution in [2.24, 2.45) is 4.99 Å². The SMILES string of the molecule is CCNC(=NCc1ccc(OC)cc1OC1CCCC1)NCCCOCCOC. The first kappa shape index (κ1) is 23.3. The second kappa shape index (κ2) is 14.1. The third-order valence-electron chi connectivity index (χ3n) is 4.81. The average molecular weight is 408 g/mol. The zero-order valence-electron chi connectivity index (χ0n) is 18.2. The van der Waals surface area contributed by atoms with Crippen molar-refractivity contribution >= 4 is 5.96 Å². The monoisotopic (exact) mass is 407 g/mol. The van der Waals surface area contributed by atoms with Gasteiger partial charge in [-0.05, 0) is 51.2 Å². The Morgan fingerprint density at radius 1 is 1.10 bits per heavy atom. The molecule has 7 nitrogen and oxygen atoms in total. The molecule has 0 aliphatic heterocycles. The maximum absolute atomic E-state index is 6.27. The summed E-state index contributed by atoms with van der Waals surface area (Å²) in [5.41, 5.74) is 1.07. The normalized spacial score (nSPS) is 14.8. The van der Waals surface area contributed by atoms with Gasteiger partial charge in [0.15, 0.2) is 5.96 Å². The molecule has 7 heteroatoms. The average Bonchev–Trinajstić information content (AvgIpc) is 3.25. The third kappa shape index (κ3) is 8.92. The molecule has 0 heterocycles. The summed E-state index contributed by atoms with van der Waals surface area (Å²) in [5, 5.41) is 6.65. The molecule has 1 aliphatic rings. The minimum absolute atomic E-state index is 0.300. The fourth-order valence-electron chi connectivity index (χ4n) is 3.22. The number of hydrogen-bond acceptors (Lipinski definition) is 5. The molecule has 164 valence electrons. The molecule has 1 aliphatic carbocycles. The molecule has 1 aromatic rings. The van der Waals surface area contributed by atoms with Crippen molar-refractivity contribution in [1.82, 2.24) is 10.6 Å². The number of ether oxygens (including phenoxy) is 4. The molecule has 1 aromatic carbocycles. The van der Waals surface area contributed by atoms with Crippen LogP contribution in [0.15, 0.2) is 23.2 Å². The first-order valence-corrected chi connectivity index (χ1v) is 10.7. The first-order chi connectivity index (χ1) is 14.3. The lowest BCUT2D eigenvalue weighted by Crippen LogP contribution is -2.38. The van der Waals surface area contributed by atoms with Crippen molar-refractivity contribution in [1.29, 1.82) is 0 Å². The number of nitrogens with zero attached hydrogens (tertiary/aromatic N) is 1. The predicted octanol–water partition coefficient (Wildman–Crippen LogP) is 3.12. The Kier molecular flexibility index (Phi) is 11.3. The molecule has 0 spiro atoms. The van der Waals surface area contributed by atoms with E-state index in [0.29, 0.717) is 32.5 Å². The highest BCUT2D eigenvalue weighted by molar-refractivity contribution is 5.79. The van der Waals surface area contributed by atoms with E-state index in [-0.39, 0.29) is 0 Å². The molecule has 0 aromatic heterocycles. The highest BCUT2D eigenvalue weighted by Gasteiger charge is 2.18. The van der Waals surface area contributed by atoms with Gasteiger partial charge < -0.3 is 29.6 Å². The van der Waals surface area contributed by atoms with Crippen LogP contribution in [0.1, 0.15) is 44.6 Å². The fraction of sp³-hybridized carbons (Fsp3) is 0.682. The lowest BCUT2D eigenvalue weighted by molar-refractivity contribution is 0.0698. The summed E-state index contributed by atoms with van der Waals surface area (Å²) < 4.78 is 22.1. The van der Waals surface area contributed by atoms with Crippen LogP contribution in [0.4, 0.5) is 0 Å². The van der Waals surface area contributed by atoms with Crippen LogP contribution < -0.4 is 20.1 Å². The van der Waals surface area contributed by atoms with Crippen molar-refractivity contribution in [2.75, 3.05) is 47.1 Å². The zero-order chi connectivity index (χ0) is 20.7. The number of aliphatic imine (C=N–C) groups is 1. The van der Waals surface area contributed by atoms with Gasteiger partial charge in [0.25, 0.3) is 0 Å². The van der Waals surface area contributed by atoms with Crippen LogP contribution in [0, 0.1) is 0 Å². The quantitative estimate of drug-likeness (QED) is 0.297. The van der Waals surface area contributed by atoms with Crippen LogP contribution >= 0.6 is 0 Å². The number of nitrogens with one attached hydrogen (secondary N) is 2. The van der Waals surface area contributed by atoms with E-state index >= 15 is 0 Å². The number of rotatable bonds is 13. The van der Waals surface area contributed by atoms with Gasteiger partial charge in [-0.25, -0.2) is 4.99 Å². The summed E-state index contributed by atoms with van der Waals surface area (Å²) in [6.45, 7) is 6.18. The fourth-order valence-corrected chi connectivity index (χ4v) is 3.22. The van der Waals surface area contributed by atoms with Gasteiger partial charge in [0.2, 0.25) is 0 Å². The summed E-state index contributed by atoms with van der Waals surface area (Å²) in [4.78, 5) is 4.73. The second-order valence-electron chi connectivity index (χ2n) is 7.08. The van der Waals surface area contributed by atoms with E-state index in [9.17, 15) is 0 Å². The van der Waals surface area contributed by atoms with E-state index < -0.39 is 0 Å². The van der Waals surface area contributed by atoms with Gasteiger partial charge in [0.1, 0.15) is 11.5 Å². The Morgan fingerprint density at radius 2 is 1.93 bits per heavy atom. The van der Waals surface area contributed by atoms with E-state index in [4.69, 9.17) is 23.9 Å². The third-order valence-corrected chi connectivity index (χ3v) is 4.81. The Hall–Kier alpha value is -1.99. The smallest absolute Gasteiger partial charge is 0.191 e. The summed E-state index contributed by atoms with van der Waals surface area (Å²) in [6, 6.07) is 5.98. The summed E-state index contributed by atoms with van der Waals surface area (Å²) in [5.74, 6) is 2.48. The predicted molar refractivity (Wildman–Crippen MR) is 116 cm³/mol. The number of benzene rings is 1. The maximum Gasteiger partial charge on any atom is 0.191 e. The Labute approximate surface area is 175 Å². The standard InChI is InChI=1S/C22H37N3O4/c1-4-23-22(24-12-7-13-28-15-14-26-2)25-17-18-10-11-20(27-3)16-21(18)29-19-8-5-6-9-19/h10-11,16,19H,4-9,12-15,17H2,1-3H3,(H2,23,24,25). The molecule has 2 N–H and O–H groups in total. The van der Waals surface area contributed by atoms with Crippen molar-refractivity contribution in [3.63, 3.8) is 0 Å². The Balaban J connectivity index is 1.90. The molecule has 0 radical (unpaired) electrons. The van der Waals surface area contributed by atoms with E-state index in [1.165, 1.54) is 12.8 Å². The zero-order valence-corrected chi connectivity index (χ0v) is 18.2. The molecule has 0 bridgehead atoms. The highest BCUT2D eigenvalue weighted by atomic mass is 16.5. The van der Waals surface area contributed by atoms with E-state index in [1.807, 2.05) is 18.2 Å². The van der Waals surface area contributed by atoms with Crippen molar-refractivity contribution in [3.05, 3.63) is 23.8 Å². The van der Waals surface area contributed by atoms with Gasteiger partial charge in [0, 0.05) is 38.4 Å². The van der Waals surface area contributed by atoms with E-state index in [2.05, 4.69) is 17.6 Å². The minimum Gasteiger partial charge on any atom is -0.497 e. The number of methoxy groups -OCH3 is 2. The molecular formula is C22H37N3O4. The maximum atomic E-state index is 6.27. The van der Waals surface area contributed by atoms with Crippen molar-refractivity contribution in [2.45, 2.75) is 51.7 Å². The Bertz CT molecular complexity index is 604. The summed E-state index contributed by atoms with van der Waals surface area (Å²) >= 11 is 0. The molecule has 1 saturated carbocycles. The molecule has 0 atom stereocenters. The molecule has 1 fully saturated rings. The van der Waals surface area contributed by atoms with Gasteiger partial charge in [-0.15, -0.1) is 0 Å². The molecule has 2 rings (SSSR count). The van der Waals surface area contributed by atoms with Crippen LogP contribution in [0.25, 0.3) is 0 Å². The largest absolute Gasteiger partial charge is 0.497 e. The number of guanidine groups is 1. The van der Waals surface area contributed by atoms with Crippen LogP contribution in [-0.2, 0) is 16.0 Å². The highest BCUT2D eigenvalue weighted by Crippen LogP contribution is 2.30. The van der Waals surface area contributed by atoms with Crippen molar-refractivity contribution in [3.8, 4) is 11.5 Å². The molecule has 0 unspecified atom stereocenters. The number of hydrogen-bond donors (Lipinski definition) is 2. The van der Waals surface area contributed by atoms with Crippen LogP contribution in [-0.4, -0.2) is 59.2 Å². The molecule has 29 heavy (non-hydrogen) atoms. The van der Waals surface area contributed by atoms with Crippen LogP contribution in [0.2, 0.25) is 0 Å². The summed E-state index contributed by atoms with van der Waals surface area (Å²) in [7, 11) is 3.36. The van der Waals surface area contributed by atoms with Gasteiger partial charge in [0.05, 0.1) is 33.0 Å². The topological polar surface area (TPSA) is 73.3 Å². The lowest BCUT2D eigenvalue weighted by atomic mass is 10.2. The first-order valence-electron chi connectivity index (χ1n) is 10.7. The molecule has 0 amide bonds. The minimum atomic E-state index is 0.300. The van der Waals surface area contributed by atoms with Crippen molar-refractivity contribution < 1.29 is 18.9 Å². The van der Waals surface area contributed by atoms with Gasteiger partial charge in [-0.3, -0.25) is 0 Å². The second-order valence-corrected chi connectivity index (χ2v) is 7.08. The lowest BCUT2D eigenvalue weighted by Gasteiger charge is -2.17. The van der Waals surface area contributed by atoms with Gasteiger partial charge in [-0.1, -0.05) is 0 Å². The molecular weight excluding hydrogens is 370 g/mol. The van der Waals surface area contributed by atoms with Gasteiger partial charge in [-0.2, -0.15) is 0 Å². The van der Waals surface area contributed by atoms with E-state index in [0.717, 1.165) is 55.4 Å².